The van der Waals surface area contributed by atoms with Crippen molar-refractivity contribution >= 4 is 35.2 Å². The third kappa shape index (κ3) is 16.0. The minimum absolute atomic E-state index is 0.0133. The van der Waals surface area contributed by atoms with E-state index in [1.165, 1.54) is 34.1 Å². The molecule has 0 aromatic rings. The molecule has 3 heterocycles. The minimum Gasteiger partial charge on any atom is -0.460 e. The Morgan fingerprint density at radius 2 is 1.57 bits per heavy atom. The van der Waals surface area contributed by atoms with Gasteiger partial charge < -0.3 is 58.9 Å². The first-order chi connectivity index (χ1) is 35.0. The van der Waals surface area contributed by atoms with E-state index in [1.54, 1.807) is 21.0 Å². The highest BCUT2D eigenvalue weighted by Crippen LogP contribution is 2.38. The number of carbonyl (C=O) groups excluding carboxylic acids is 6. The van der Waals surface area contributed by atoms with E-state index < -0.39 is 139 Å². The molecule has 18 heteroatoms. The monoisotopic (exact) mass is 1050 g/mol. The van der Waals surface area contributed by atoms with Crippen LogP contribution in [0.5, 0.6) is 0 Å². The summed E-state index contributed by atoms with van der Waals surface area (Å²) < 4.78 is 35.3. The van der Waals surface area contributed by atoms with Crippen LogP contribution in [0.3, 0.4) is 0 Å². The number of amides is 1. The first-order valence-corrected chi connectivity index (χ1v) is 26.5. The Morgan fingerprint density at radius 3 is 2.20 bits per heavy atom. The van der Waals surface area contributed by atoms with Gasteiger partial charge in [0.15, 0.2) is 5.78 Å². The van der Waals surface area contributed by atoms with Crippen molar-refractivity contribution in [2.75, 3.05) is 47.7 Å². The van der Waals surface area contributed by atoms with Crippen molar-refractivity contribution in [2.45, 2.75) is 180 Å². The Kier molecular flexibility index (Phi) is 24.5. The summed E-state index contributed by atoms with van der Waals surface area (Å²) in [6, 6.07) is -1.25. The number of ketones is 3. The SMILES string of the molecule is CO[C@H]1C[C@@H]2CC[C@@H](C)[C@@](O)(O2)C(=O)C(=O)N2CCCC[C@H]2C(=O)O[C@H]([C@H](C)C[C@@H]2CC[C@@H](OC(=O)C(C)(CO)CO)[C@H](OC)C2)CC(=O)C(CO)/C=C(\C)[C@@H](O)[C@@H](OC)C(=O)[C@H](C)C[C@H](C)/C=C/C=C/C=C/1C. The van der Waals surface area contributed by atoms with Crippen LogP contribution in [-0.4, -0.2) is 168 Å². The lowest BCUT2D eigenvalue weighted by Crippen LogP contribution is -2.61. The summed E-state index contributed by atoms with van der Waals surface area (Å²) >= 11 is 0. The molecule has 3 aliphatic heterocycles. The Hall–Kier alpha value is -3.98. The van der Waals surface area contributed by atoms with Gasteiger partial charge in [-0.1, -0.05) is 64.2 Å². The maximum Gasteiger partial charge on any atom is 0.329 e. The average molecular weight is 1050 g/mol. The van der Waals surface area contributed by atoms with E-state index in [1.807, 2.05) is 51.2 Å². The lowest BCUT2D eigenvalue weighted by molar-refractivity contribution is -0.265. The van der Waals surface area contributed by atoms with Crippen molar-refractivity contribution in [3.05, 3.63) is 47.6 Å². The molecular formula is C56H87NO17. The highest BCUT2D eigenvalue weighted by Gasteiger charge is 2.53. The first-order valence-electron chi connectivity index (χ1n) is 26.5. The van der Waals surface area contributed by atoms with Crippen molar-refractivity contribution in [1.29, 1.82) is 0 Å². The number of fused-ring (bicyclic) bond motifs is 3. The molecule has 2 bridgehead atoms. The standard InChI is InChI=1S/C56H87NO17/c1-33-16-12-11-13-17-34(2)45(69-8)28-41-21-19-38(6)56(68,74-41)51(64)52(65)57-23-15-14-18-42(57)53(66)72-46(29-43(61)40(30-58)26-37(5)49(63)50(71-10)48(62)36(4)24-33)35(3)25-39-20-22-44(47(27-39)70-9)73-54(67)55(7,31-59)32-60/h11-13,16-17,26,33,35-36,38-42,44-47,49-50,58-60,63,68H,14-15,18-25,27-32H2,1-10H3/b13-11+,16-12+,34-17+,37-26+/t33-,35-,36-,38-,39+,40?,41+,42+,44-,45+,46+,47-,49-,50+,56-/m1/s1. The molecule has 0 spiro atoms. The molecule has 0 aromatic carbocycles. The number of hydrogen-bond donors (Lipinski definition) is 5. The summed E-state index contributed by atoms with van der Waals surface area (Å²) in [7, 11) is 4.36. The molecule has 1 aliphatic carbocycles. The maximum absolute atomic E-state index is 14.6. The topological polar surface area (TPSA) is 262 Å². The zero-order valence-electron chi connectivity index (χ0n) is 45.4. The van der Waals surface area contributed by atoms with E-state index in [2.05, 4.69) is 0 Å². The van der Waals surface area contributed by atoms with Crippen LogP contribution in [0.15, 0.2) is 47.6 Å². The predicted molar refractivity (Wildman–Crippen MR) is 273 cm³/mol. The van der Waals surface area contributed by atoms with Crippen molar-refractivity contribution in [2.24, 2.45) is 40.9 Å². The van der Waals surface area contributed by atoms with Gasteiger partial charge in [-0.15, -0.1) is 0 Å². The highest BCUT2D eigenvalue weighted by molar-refractivity contribution is 6.39. The molecule has 2 saturated heterocycles. The van der Waals surface area contributed by atoms with Crippen LogP contribution in [0, 0.1) is 40.9 Å². The number of piperidine rings is 1. The van der Waals surface area contributed by atoms with Crippen molar-refractivity contribution in [1.82, 2.24) is 4.90 Å². The third-order valence-electron chi connectivity index (χ3n) is 16.0. The Balaban J connectivity index is 1.72. The lowest BCUT2D eigenvalue weighted by atomic mass is 9.78. The predicted octanol–water partition coefficient (Wildman–Crippen LogP) is 4.69. The Morgan fingerprint density at radius 1 is 0.865 bits per heavy atom. The lowest BCUT2D eigenvalue weighted by Gasteiger charge is -2.42. The third-order valence-corrected chi connectivity index (χ3v) is 16.0. The van der Waals surface area contributed by atoms with Gasteiger partial charge in [-0.25, -0.2) is 4.79 Å². The van der Waals surface area contributed by atoms with Crippen LogP contribution in [0.25, 0.3) is 0 Å². The highest BCUT2D eigenvalue weighted by atomic mass is 16.6. The second-order valence-electron chi connectivity index (χ2n) is 21.8. The number of methoxy groups -OCH3 is 3. The van der Waals surface area contributed by atoms with Crippen LogP contribution < -0.4 is 0 Å². The molecule has 5 N–H and O–H groups in total. The molecule has 1 saturated carbocycles. The molecule has 4 rings (SSSR count). The van der Waals surface area contributed by atoms with Gasteiger partial charge in [-0.2, -0.15) is 0 Å². The Labute approximate surface area is 437 Å². The maximum atomic E-state index is 14.6. The molecule has 4 aliphatic rings. The van der Waals surface area contributed by atoms with E-state index in [0.29, 0.717) is 57.8 Å². The molecule has 15 atom stereocenters. The number of ether oxygens (including phenoxy) is 6. The van der Waals surface area contributed by atoms with Crippen molar-refractivity contribution in [3.8, 4) is 0 Å². The van der Waals surface area contributed by atoms with Crippen LogP contribution in [0.2, 0.25) is 0 Å². The summed E-state index contributed by atoms with van der Waals surface area (Å²) in [6.07, 6.45) is 8.58. The van der Waals surface area contributed by atoms with Gasteiger partial charge in [0.05, 0.1) is 44.1 Å². The summed E-state index contributed by atoms with van der Waals surface area (Å²) in [6.45, 7) is 10.1. The fourth-order valence-electron chi connectivity index (χ4n) is 10.7. The van der Waals surface area contributed by atoms with E-state index in [-0.39, 0.29) is 42.6 Å². The number of cyclic esters (lactones) is 1. The van der Waals surface area contributed by atoms with E-state index in [4.69, 9.17) is 28.4 Å². The minimum atomic E-state index is -2.49. The first kappa shape index (κ1) is 62.6. The smallest absolute Gasteiger partial charge is 0.329 e. The molecule has 418 valence electrons. The summed E-state index contributed by atoms with van der Waals surface area (Å²) in [5.41, 5.74) is -0.451. The number of aliphatic hydroxyl groups is 5. The van der Waals surface area contributed by atoms with Gasteiger partial charge in [-0.05, 0) is 114 Å². The molecule has 18 nitrogen and oxygen atoms in total. The normalized spacial score (nSPS) is 37.1. The van der Waals surface area contributed by atoms with Crippen LogP contribution in [0.1, 0.15) is 126 Å². The molecule has 1 amide bonds. The van der Waals surface area contributed by atoms with E-state index in [0.717, 1.165) is 10.5 Å². The number of hydrogen-bond acceptors (Lipinski definition) is 17. The largest absolute Gasteiger partial charge is 0.460 e. The van der Waals surface area contributed by atoms with Crippen LogP contribution in [-0.2, 0) is 57.2 Å². The van der Waals surface area contributed by atoms with Gasteiger partial charge in [0, 0.05) is 52.6 Å². The van der Waals surface area contributed by atoms with Crippen LogP contribution in [0.4, 0.5) is 0 Å². The summed E-state index contributed by atoms with van der Waals surface area (Å²) in [5, 5.41) is 53.8. The molecule has 0 radical (unpaired) electrons. The van der Waals surface area contributed by atoms with Crippen LogP contribution >= 0.6 is 0 Å². The number of Topliss-reactive ketones (excluding diaryl/α,β-unsaturated/α-hetero) is 3. The van der Waals surface area contributed by atoms with Gasteiger partial charge in [-0.3, -0.25) is 24.0 Å². The molecule has 0 aromatic heterocycles. The number of carbonyl (C=O) groups is 6. The number of aliphatic hydroxyl groups excluding tert-OH is 4. The molecular weight excluding hydrogens is 959 g/mol. The van der Waals surface area contributed by atoms with E-state index in [9.17, 15) is 54.3 Å². The fraction of sp³-hybridized carbons (Fsp3) is 0.750. The fourth-order valence-corrected chi connectivity index (χ4v) is 10.7. The molecule has 1 unspecified atom stereocenters. The quantitative estimate of drug-likeness (QED) is 0.107. The molecule has 74 heavy (non-hydrogen) atoms. The summed E-state index contributed by atoms with van der Waals surface area (Å²) in [5.74, 6) is -10.4. The number of allylic oxidation sites excluding steroid dienone is 5. The zero-order chi connectivity index (χ0) is 55.1. The van der Waals surface area contributed by atoms with Crippen molar-refractivity contribution < 1.29 is 82.7 Å². The number of esters is 2. The second kappa shape index (κ2) is 29.0. The van der Waals surface area contributed by atoms with Gasteiger partial charge >= 0.3 is 11.9 Å². The van der Waals surface area contributed by atoms with Gasteiger partial charge in [0.1, 0.15) is 41.7 Å². The Bertz CT molecular complexity index is 2030. The van der Waals surface area contributed by atoms with E-state index >= 15 is 0 Å². The van der Waals surface area contributed by atoms with Gasteiger partial charge in [0.25, 0.3) is 11.7 Å². The number of rotatable bonds is 11. The number of nitrogens with zero attached hydrogens (tertiary/aromatic N) is 1. The second-order valence-corrected chi connectivity index (χ2v) is 21.8. The summed E-state index contributed by atoms with van der Waals surface area (Å²) in [4.78, 5) is 85.5. The average Bonchev–Trinajstić information content (AvgIpc) is 3.39. The zero-order valence-corrected chi connectivity index (χ0v) is 45.4. The van der Waals surface area contributed by atoms with Crippen molar-refractivity contribution in [3.63, 3.8) is 0 Å². The molecule has 3 fully saturated rings. The van der Waals surface area contributed by atoms with Gasteiger partial charge in [0.2, 0.25) is 5.79 Å².